The first-order valence-corrected chi connectivity index (χ1v) is 12.9. The molecule has 0 bridgehead atoms. The highest BCUT2D eigenvalue weighted by Gasteiger charge is 2.22. The first-order valence-electron chi connectivity index (χ1n) is 10.6. The van der Waals surface area contributed by atoms with Gasteiger partial charge < -0.3 is 0 Å². The van der Waals surface area contributed by atoms with E-state index in [9.17, 15) is 26.3 Å². The van der Waals surface area contributed by atoms with Crippen LogP contribution < -0.4 is 0 Å². The molecular formula is C26H10F6N2S3. The zero-order chi connectivity index (χ0) is 25.8. The van der Waals surface area contributed by atoms with Gasteiger partial charge in [0.1, 0.15) is 22.7 Å². The Morgan fingerprint density at radius 2 is 0.811 bits per heavy atom. The number of fused-ring (bicyclic) bond motifs is 1. The molecule has 0 aliphatic heterocycles. The summed E-state index contributed by atoms with van der Waals surface area (Å²) in [5, 5.41) is 0. The minimum absolute atomic E-state index is 0.215. The summed E-state index contributed by atoms with van der Waals surface area (Å²) >= 11 is 3.11. The lowest BCUT2D eigenvalue weighted by atomic mass is 10.1. The molecule has 0 atom stereocenters. The molecule has 0 radical (unpaired) electrons. The van der Waals surface area contributed by atoms with Crippen LogP contribution in [0.3, 0.4) is 0 Å². The Morgan fingerprint density at radius 1 is 0.432 bits per heavy atom. The van der Waals surface area contributed by atoms with E-state index in [1.165, 1.54) is 12.1 Å². The van der Waals surface area contributed by atoms with Crippen molar-refractivity contribution in [2.75, 3.05) is 0 Å². The van der Waals surface area contributed by atoms with E-state index in [0.717, 1.165) is 58.7 Å². The van der Waals surface area contributed by atoms with Crippen molar-refractivity contribution in [3.05, 3.63) is 95.6 Å². The number of hydrogen-bond acceptors (Lipinski definition) is 5. The number of benzene rings is 3. The third-order valence-corrected chi connectivity index (χ3v) is 8.54. The zero-order valence-corrected chi connectivity index (χ0v) is 20.6. The predicted molar refractivity (Wildman–Crippen MR) is 135 cm³/mol. The Labute approximate surface area is 217 Å². The van der Waals surface area contributed by atoms with Gasteiger partial charge in [-0.05, 0) is 48.5 Å². The Morgan fingerprint density at radius 3 is 1.24 bits per heavy atom. The third-order valence-electron chi connectivity index (χ3n) is 5.74. The number of halogens is 6. The molecule has 6 rings (SSSR count). The summed E-state index contributed by atoms with van der Waals surface area (Å²) in [5.74, 6) is -6.55. The molecular weight excluding hydrogens is 550 g/mol. The van der Waals surface area contributed by atoms with Crippen LogP contribution in [0.5, 0.6) is 0 Å². The minimum atomic E-state index is -1.26. The summed E-state index contributed by atoms with van der Waals surface area (Å²) in [6.07, 6.45) is 0. The van der Waals surface area contributed by atoms with E-state index in [1.807, 2.05) is 0 Å². The Bertz CT molecular complexity index is 1690. The molecule has 37 heavy (non-hydrogen) atoms. The molecule has 3 heterocycles. The van der Waals surface area contributed by atoms with E-state index in [2.05, 4.69) is 8.75 Å². The molecule has 11 heteroatoms. The zero-order valence-electron chi connectivity index (χ0n) is 18.2. The van der Waals surface area contributed by atoms with Crippen molar-refractivity contribution < 1.29 is 26.3 Å². The first-order chi connectivity index (χ1) is 17.8. The van der Waals surface area contributed by atoms with E-state index < -0.39 is 46.0 Å². The highest BCUT2D eigenvalue weighted by molar-refractivity contribution is 7.19. The molecule has 0 saturated heterocycles. The fourth-order valence-electron chi connectivity index (χ4n) is 4.00. The summed E-state index contributed by atoms with van der Waals surface area (Å²) in [5.41, 5.74) is 1.47. The molecule has 0 aliphatic carbocycles. The lowest BCUT2D eigenvalue weighted by Crippen LogP contribution is -1.92. The number of nitrogens with zero attached hydrogens (tertiary/aromatic N) is 2. The average molecular weight is 561 g/mol. The average Bonchev–Trinajstić information content (AvgIpc) is 3.65. The second-order valence-corrected chi connectivity index (χ2v) is 10.6. The van der Waals surface area contributed by atoms with Gasteiger partial charge in [0.05, 0.1) is 22.9 Å². The van der Waals surface area contributed by atoms with Crippen LogP contribution in [0.25, 0.3) is 52.8 Å². The normalized spacial score (nSPS) is 11.5. The van der Waals surface area contributed by atoms with Gasteiger partial charge in [0.25, 0.3) is 0 Å². The summed E-state index contributed by atoms with van der Waals surface area (Å²) in [6, 6.07) is 13.1. The molecule has 2 nitrogen and oxygen atoms in total. The van der Waals surface area contributed by atoms with E-state index in [-0.39, 0.29) is 9.75 Å². The van der Waals surface area contributed by atoms with Crippen LogP contribution in [-0.2, 0) is 0 Å². The standard InChI is InChI=1S/C26H10F6N2S3/c27-13-3-5-15(29)23(31)21(13)19-9-7-17(35-19)11-1-2-12(26-25(11)33-37-34-26)18-8-10-20(36-18)22-14(28)4-6-16(30)24(22)32/h1-10H. The van der Waals surface area contributed by atoms with Gasteiger partial charge in [-0.25, -0.2) is 26.3 Å². The van der Waals surface area contributed by atoms with E-state index >= 15 is 0 Å². The van der Waals surface area contributed by atoms with Gasteiger partial charge in [-0.3, -0.25) is 0 Å². The fourth-order valence-corrected chi connectivity index (χ4v) is 6.72. The molecule has 0 aliphatic rings. The predicted octanol–water partition coefficient (Wildman–Crippen LogP) is 9.32. The summed E-state index contributed by atoms with van der Waals surface area (Å²) in [4.78, 5) is 1.70. The Hall–Kier alpha value is -3.54. The van der Waals surface area contributed by atoms with E-state index in [4.69, 9.17) is 0 Å². The maximum atomic E-state index is 14.3. The highest BCUT2D eigenvalue weighted by Crippen LogP contribution is 2.43. The van der Waals surface area contributed by atoms with Crippen molar-refractivity contribution >= 4 is 45.4 Å². The molecule has 184 valence electrons. The molecule has 0 amide bonds. The second-order valence-electron chi connectivity index (χ2n) is 7.89. The van der Waals surface area contributed by atoms with Gasteiger partial charge in [-0.15, -0.1) is 22.7 Å². The van der Waals surface area contributed by atoms with Crippen LogP contribution in [0, 0.1) is 34.9 Å². The van der Waals surface area contributed by atoms with Gasteiger partial charge in [0.15, 0.2) is 23.3 Å². The van der Waals surface area contributed by atoms with Gasteiger partial charge in [-0.1, -0.05) is 12.1 Å². The maximum absolute atomic E-state index is 14.3. The lowest BCUT2D eigenvalue weighted by Gasteiger charge is -2.05. The Kier molecular flexibility index (Phi) is 5.85. The van der Waals surface area contributed by atoms with Crippen molar-refractivity contribution in [3.8, 4) is 41.8 Å². The second kappa shape index (κ2) is 9.09. The van der Waals surface area contributed by atoms with Crippen molar-refractivity contribution in [3.63, 3.8) is 0 Å². The minimum Gasteiger partial charge on any atom is -0.206 e. The van der Waals surface area contributed by atoms with Crippen molar-refractivity contribution in [2.24, 2.45) is 0 Å². The maximum Gasteiger partial charge on any atom is 0.170 e. The third kappa shape index (κ3) is 3.94. The van der Waals surface area contributed by atoms with Crippen LogP contribution >= 0.6 is 34.4 Å². The molecule has 0 unspecified atom stereocenters. The molecule has 3 aromatic heterocycles. The fraction of sp³-hybridized carbons (Fsp3) is 0. The van der Waals surface area contributed by atoms with Gasteiger partial charge in [-0.2, -0.15) is 8.75 Å². The summed E-state index contributed by atoms with van der Waals surface area (Å²) in [6.45, 7) is 0. The lowest BCUT2D eigenvalue weighted by molar-refractivity contribution is 0.499. The first kappa shape index (κ1) is 23.8. The van der Waals surface area contributed by atoms with Gasteiger partial charge >= 0.3 is 0 Å². The van der Waals surface area contributed by atoms with Crippen molar-refractivity contribution in [1.82, 2.24) is 8.75 Å². The summed E-state index contributed by atoms with van der Waals surface area (Å²) in [7, 11) is 0. The number of rotatable bonds is 4. The number of aromatic nitrogens is 2. The number of hydrogen-bond donors (Lipinski definition) is 0. The van der Waals surface area contributed by atoms with Gasteiger partial charge in [0.2, 0.25) is 0 Å². The van der Waals surface area contributed by atoms with E-state index in [1.54, 1.807) is 24.3 Å². The number of thiophene rings is 2. The van der Waals surface area contributed by atoms with Crippen molar-refractivity contribution in [1.29, 1.82) is 0 Å². The van der Waals surface area contributed by atoms with Gasteiger partial charge in [0, 0.05) is 30.6 Å². The molecule has 0 saturated carbocycles. The van der Waals surface area contributed by atoms with Crippen LogP contribution in [0.2, 0.25) is 0 Å². The molecule has 0 N–H and O–H groups in total. The molecule has 3 aromatic carbocycles. The monoisotopic (exact) mass is 560 g/mol. The highest BCUT2D eigenvalue weighted by atomic mass is 32.1. The molecule has 6 aromatic rings. The summed E-state index contributed by atoms with van der Waals surface area (Å²) < 4.78 is 93.4. The topological polar surface area (TPSA) is 25.8 Å². The van der Waals surface area contributed by atoms with Crippen LogP contribution in [0.1, 0.15) is 0 Å². The SMILES string of the molecule is Fc1ccc(F)c(-c2ccc(-c3ccc(-c4ccc(-c5c(F)ccc(F)c5F)s4)c4nsnc34)s2)c1F. The molecule has 0 fully saturated rings. The van der Waals surface area contributed by atoms with Crippen LogP contribution in [-0.4, -0.2) is 8.75 Å². The quantitative estimate of drug-likeness (QED) is 0.159. The molecule has 0 spiro atoms. The van der Waals surface area contributed by atoms with Crippen LogP contribution in [0.15, 0.2) is 60.7 Å². The Balaban J connectivity index is 1.42. The van der Waals surface area contributed by atoms with Crippen molar-refractivity contribution in [2.45, 2.75) is 0 Å². The van der Waals surface area contributed by atoms with E-state index in [0.29, 0.717) is 31.9 Å². The largest absolute Gasteiger partial charge is 0.206 e. The van der Waals surface area contributed by atoms with Crippen LogP contribution in [0.4, 0.5) is 26.3 Å². The smallest absolute Gasteiger partial charge is 0.170 e.